The smallest absolute Gasteiger partial charge is 0.321 e. The Morgan fingerprint density at radius 1 is 1.04 bits per heavy atom. The largest absolute Gasteiger partial charge is 0.342 e. The normalized spacial score (nSPS) is 26.5. The van der Waals surface area contributed by atoms with Crippen molar-refractivity contribution in [2.24, 2.45) is 11.3 Å². The van der Waals surface area contributed by atoms with E-state index in [1.807, 2.05) is 29.2 Å². The van der Waals surface area contributed by atoms with Crippen LogP contribution in [0.15, 0.2) is 28.7 Å². The molecule has 3 aliphatic rings. The first-order valence-electron chi connectivity index (χ1n) is 9.76. The third-order valence-corrected chi connectivity index (χ3v) is 6.97. The number of hydrogen-bond acceptors (Lipinski definition) is 3. The van der Waals surface area contributed by atoms with E-state index in [1.54, 1.807) is 16.7 Å². The predicted molar refractivity (Wildman–Crippen MR) is 109 cm³/mol. The Morgan fingerprint density at radius 3 is 2.36 bits per heavy atom. The first kappa shape index (κ1) is 19.2. The van der Waals surface area contributed by atoms with Gasteiger partial charge in [0.2, 0.25) is 11.8 Å². The van der Waals surface area contributed by atoms with Crippen molar-refractivity contribution < 1.29 is 14.4 Å². The van der Waals surface area contributed by atoms with Crippen molar-refractivity contribution in [1.82, 2.24) is 14.7 Å². The number of para-hydroxylation sites is 1. The summed E-state index contributed by atoms with van der Waals surface area (Å²) in [6, 6.07) is 7.26. The van der Waals surface area contributed by atoms with Gasteiger partial charge in [-0.25, -0.2) is 4.79 Å². The molecule has 150 valence electrons. The lowest BCUT2D eigenvalue weighted by Gasteiger charge is -2.32. The molecule has 1 aromatic carbocycles. The number of halogens is 1. The Balaban J connectivity index is 1.54. The fourth-order valence-corrected chi connectivity index (χ4v) is 5.14. The summed E-state index contributed by atoms with van der Waals surface area (Å²) in [5.74, 6) is 0.0802. The van der Waals surface area contributed by atoms with Gasteiger partial charge in [-0.2, -0.15) is 0 Å². The second-order valence-corrected chi connectivity index (χ2v) is 8.90. The molecule has 1 aromatic rings. The van der Waals surface area contributed by atoms with Gasteiger partial charge in [0.25, 0.3) is 0 Å². The van der Waals surface area contributed by atoms with Crippen LogP contribution >= 0.6 is 15.9 Å². The Kier molecular flexibility index (Phi) is 5.07. The SMILES string of the molecule is CC(=O)N1C[C@H]2CN(C(=O)Nc3ccccc3Br)C[C@@]2(C(=O)N2CCCC2)C1. The average molecular weight is 449 g/mol. The number of carbonyl (C=O) groups excluding carboxylic acids is 3. The van der Waals surface area contributed by atoms with Crippen LogP contribution in [0.3, 0.4) is 0 Å². The zero-order valence-electron chi connectivity index (χ0n) is 16.0. The van der Waals surface area contributed by atoms with Gasteiger partial charge in [0, 0.05) is 56.6 Å². The highest BCUT2D eigenvalue weighted by atomic mass is 79.9. The summed E-state index contributed by atoms with van der Waals surface area (Å²) in [6.45, 7) is 4.88. The maximum Gasteiger partial charge on any atom is 0.321 e. The van der Waals surface area contributed by atoms with Gasteiger partial charge in [-0.05, 0) is 40.9 Å². The highest BCUT2D eigenvalue weighted by molar-refractivity contribution is 9.10. The zero-order chi connectivity index (χ0) is 19.9. The van der Waals surface area contributed by atoms with Gasteiger partial charge in [-0.15, -0.1) is 0 Å². The maximum absolute atomic E-state index is 13.4. The minimum absolute atomic E-state index is 0.00721. The van der Waals surface area contributed by atoms with E-state index in [4.69, 9.17) is 0 Å². The molecule has 3 heterocycles. The van der Waals surface area contributed by atoms with E-state index in [0.717, 1.165) is 30.4 Å². The summed E-state index contributed by atoms with van der Waals surface area (Å²) < 4.78 is 0.813. The molecule has 3 saturated heterocycles. The lowest BCUT2D eigenvalue weighted by molar-refractivity contribution is -0.141. The topological polar surface area (TPSA) is 73.0 Å². The lowest BCUT2D eigenvalue weighted by atomic mass is 9.79. The van der Waals surface area contributed by atoms with E-state index in [0.29, 0.717) is 31.9 Å². The van der Waals surface area contributed by atoms with Crippen molar-refractivity contribution in [3.63, 3.8) is 0 Å². The molecule has 0 spiro atoms. The third-order valence-electron chi connectivity index (χ3n) is 6.28. The van der Waals surface area contributed by atoms with Crippen LogP contribution in [0.4, 0.5) is 10.5 Å². The maximum atomic E-state index is 13.4. The molecule has 0 aliphatic carbocycles. The van der Waals surface area contributed by atoms with Gasteiger partial charge in [0.05, 0.1) is 11.1 Å². The van der Waals surface area contributed by atoms with Crippen LogP contribution in [0.2, 0.25) is 0 Å². The van der Waals surface area contributed by atoms with Gasteiger partial charge >= 0.3 is 6.03 Å². The number of anilines is 1. The molecule has 4 amide bonds. The lowest BCUT2D eigenvalue weighted by Crippen LogP contribution is -2.49. The predicted octanol–water partition coefficient (Wildman–Crippen LogP) is 2.38. The van der Waals surface area contributed by atoms with Gasteiger partial charge in [-0.3, -0.25) is 9.59 Å². The van der Waals surface area contributed by atoms with Crippen LogP contribution in [-0.2, 0) is 9.59 Å². The summed E-state index contributed by atoms with van der Waals surface area (Å²) in [6.07, 6.45) is 2.05. The molecule has 8 heteroatoms. The number of hydrogen-bond donors (Lipinski definition) is 1. The van der Waals surface area contributed by atoms with E-state index in [2.05, 4.69) is 21.2 Å². The zero-order valence-corrected chi connectivity index (χ0v) is 17.6. The molecular formula is C20H25BrN4O3. The molecule has 0 saturated carbocycles. The fraction of sp³-hybridized carbons (Fsp3) is 0.550. The number of nitrogens with zero attached hydrogens (tertiary/aromatic N) is 3. The van der Waals surface area contributed by atoms with Crippen LogP contribution in [0.1, 0.15) is 19.8 Å². The Morgan fingerprint density at radius 2 is 1.68 bits per heavy atom. The first-order chi connectivity index (χ1) is 13.4. The number of carbonyl (C=O) groups is 3. The molecule has 7 nitrogen and oxygen atoms in total. The van der Waals surface area contributed by atoms with Gasteiger partial charge in [0.1, 0.15) is 0 Å². The first-order valence-corrected chi connectivity index (χ1v) is 10.6. The molecule has 1 N–H and O–H groups in total. The highest BCUT2D eigenvalue weighted by Gasteiger charge is 2.59. The molecule has 0 bridgehead atoms. The Hall–Kier alpha value is -2.09. The molecule has 0 aromatic heterocycles. The quantitative estimate of drug-likeness (QED) is 0.754. The number of fused-ring (bicyclic) bond motifs is 1. The number of benzene rings is 1. The van der Waals surface area contributed by atoms with Crippen LogP contribution in [0.25, 0.3) is 0 Å². The average Bonchev–Trinajstić information content (AvgIpc) is 3.37. The molecule has 0 radical (unpaired) electrons. The number of urea groups is 1. The molecule has 0 unspecified atom stereocenters. The van der Waals surface area contributed by atoms with Gasteiger partial charge in [0.15, 0.2) is 0 Å². The van der Waals surface area contributed by atoms with Crippen molar-refractivity contribution in [2.45, 2.75) is 19.8 Å². The molecule has 4 rings (SSSR count). The molecule has 3 aliphatic heterocycles. The highest BCUT2D eigenvalue weighted by Crippen LogP contribution is 2.44. The van der Waals surface area contributed by atoms with Crippen LogP contribution in [0.5, 0.6) is 0 Å². The van der Waals surface area contributed by atoms with Crippen molar-refractivity contribution in [3.05, 3.63) is 28.7 Å². The van der Waals surface area contributed by atoms with Gasteiger partial charge < -0.3 is 20.0 Å². The molecule has 3 fully saturated rings. The molecule has 2 atom stereocenters. The standard InChI is InChI=1S/C20H25BrN4O3/c1-14(26)24-10-15-11-25(19(28)22-17-7-3-2-6-16(17)21)13-20(15,12-24)18(27)23-8-4-5-9-23/h2-3,6-7,15H,4-5,8-13H2,1H3,(H,22,28)/t15-,20-/m0/s1. The minimum Gasteiger partial charge on any atom is -0.342 e. The summed E-state index contributed by atoms with van der Waals surface area (Å²) in [7, 11) is 0. The second-order valence-electron chi connectivity index (χ2n) is 8.04. The minimum atomic E-state index is -0.679. The summed E-state index contributed by atoms with van der Waals surface area (Å²) in [5.41, 5.74) is 0.0243. The van der Waals surface area contributed by atoms with Crippen molar-refractivity contribution in [2.75, 3.05) is 44.6 Å². The Labute approximate surface area is 173 Å². The van der Waals surface area contributed by atoms with E-state index in [-0.39, 0.29) is 23.8 Å². The number of nitrogens with one attached hydrogen (secondary N) is 1. The van der Waals surface area contributed by atoms with Crippen molar-refractivity contribution in [3.8, 4) is 0 Å². The van der Waals surface area contributed by atoms with Crippen LogP contribution in [0, 0.1) is 11.3 Å². The second kappa shape index (κ2) is 7.39. The monoisotopic (exact) mass is 448 g/mol. The van der Waals surface area contributed by atoms with E-state index >= 15 is 0 Å². The number of rotatable bonds is 2. The van der Waals surface area contributed by atoms with Crippen LogP contribution in [-0.4, -0.2) is 71.8 Å². The van der Waals surface area contributed by atoms with E-state index in [1.165, 1.54) is 0 Å². The third kappa shape index (κ3) is 3.27. The number of amides is 4. The summed E-state index contributed by atoms with van der Waals surface area (Å²) >= 11 is 3.45. The summed E-state index contributed by atoms with van der Waals surface area (Å²) in [5, 5.41) is 2.94. The van der Waals surface area contributed by atoms with Gasteiger partial charge in [-0.1, -0.05) is 12.1 Å². The summed E-state index contributed by atoms with van der Waals surface area (Å²) in [4.78, 5) is 43.7. The van der Waals surface area contributed by atoms with Crippen LogP contribution < -0.4 is 5.32 Å². The molecular weight excluding hydrogens is 424 g/mol. The van der Waals surface area contributed by atoms with Crippen molar-refractivity contribution >= 4 is 39.5 Å². The molecule has 28 heavy (non-hydrogen) atoms. The van der Waals surface area contributed by atoms with E-state index < -0.39 is 5.41 Å². The van der Waals surface area contributed by atoms with Crippen molar-refractivity contribution in [1.29, 1.82) is 0 Å². The Bertz CT molecular complexity index is 810. The van der Waals surface area contributed by atoms with E-state index in [9.17, 15) is 14.4 Å². The fourth-order valence-electron chi connectivity index (χ4n) is 4.75. The number of likely N-dealkylation sites (tertiary alicyclic amines) is 3.